The van der Waals surface area contributed by atoms with Crippen LogP contribution in [0.4, 0.5) is 0 Å². The second-order valence-corrected chi connectivity index (χ2v) is 5.72. The third-order valence-corrected chi connectivity index (χ3v) is 3.85. The van der Waals surface area contributed by atoms with Crippen molar-refractivity contribution in [3.8, 4) is 0 Å². The number of carbonyl (C=O) groups is 1. The molecular weight excluding hydrogens is 334 g/mol. The molecule has 1 aromatic rings. The minimum atomic E-state index is -0.316. The van der Waals surface area contributed by atoms with Crippen molar-refractivity contribution in [3.63, 3.8) is 0 Å². The van der Waals surface area contributed by atoms with Gasteiger partial charge in [0.15, 0.2) is 5.78 Å². The summed E-state index contributed by atoms with van der Waals surface area (Å²) in [5, 5.41) is -0.316. The molecule has 1 aliphatic rings. The Kier molecular flexibility index (Phi) is 4.03. The van der Waals surface area contributed by atoms with E-state index in [1.54, 1.807) is 0 Å². The van der Waals surface area contributed by atoms with E-state index in [1.807, 2.05) is 30.3 Å². The number of alkyl halides is 1. The zero-order chi connectivity index (χ0) is 11.5. The molecule has 0 bridgehead atoms. The fourth-order valence-corrected chi connectivity index (χ4v) is 2.48. The van der Waals surface area contributed by atoms with Crippen LogP contribution in [-0.4, -0.2) is 11.2 Å². The van der Waals surface area contributed by atoms with Crippen molar-refractivity contribution in [2.24, 2.45) is 0 Å². The first-order valence-corrected chi connectivity index (χ1v) is 6.83. The molecule has 1 fully saturated rings. The first-order chi connectivity index (χ1) is 7.66. The van der Waals surface area contributed by atoms with Crippen molar-refractivity contribution in [1.29, 1.82) is 0 Å². The van der Waals surface area contributed by atoms with Gasteiger partial charge in [-0.15, -0.1) is 11.6 Å². The Hall–Kier alpha value is -0.350. The highest BCUT2D eigenvalue weighted by Crippen LogP contribution is 2.25. The highest BCUT2D eigenvalue weighted by atomic mass is 127. The van der Waals surface area contributed by atoms with E-state index >= 15 is 0 Å². The number of allylic oxidation sites excluding steroid dienone is 1. The van der Waals surface area contributed by atoms with Crippen LogP contribution in [0.15, 0.2) is 29.8 Å². The third-order valence-electron chi connectivity index (χ3n) is 2.72. The zero-order valence-electron chi connectivity index (χ0n) is 8.75. The SMILES string of the molecule is O=C1C(=Cc2ccc(I)cc2)CCCC1Cl. The summed E-state index contributed by atoms with van der Waals surface area (Å²) in [7, 11) is 0. The van der Waals surface area contributed by atoms with Crippen LogP contribution in [0.1, 0.15) is 24.8 Å². The summed E-state index contributed by atoms with van der Waals surface area (Å²) in [6.45, 7) is 0. The van der Waals surface area contributed by atoms with Crippen LogP contribution in [0.2, 0.25) is 0 Å². The van der Waals surface area contributed by atoms with Gasteiger partial charge in [0.25, 0.3) is 0 Å². The molecule has 0 heterocycles. The normalized spacial score (nSPS) is 23.8. The molecule has 0 aliphatic heterocycles. The van der Waals surface area contributed by atoms with Gasteiger partial charge in [0.2, 0.25) is 0 Å². The van der Waals surface area contributed by atoms with Gasteiger partial charge in [0, 0.05) is 3.57 Å². The second-order valence-electron chi connectivity index (χ2n) is 3.95. The summed E-state index contributed by atoms with van der Waals surface area (Å²) >= 11 is 8.23. The smallest absolute Gasteiger partial charge is 0.176 e. The van der Waals surface area contributed by atoms with Crippen LogP contribution in [0.25, 0.3) is 6.08 Å². The van der Waals surface area contributed by atoms with E-state index in [4.69, 9.17) is 11.6 Å². The molecule has 1 aromatic carbocycles. The lowest BCUT2D eigenvalue weighted by molar-refractivity contribution is -0.116. The molecule has 1 saturated carbocycles. The lowest BCUT2D eigenvalue weighted by atomic mass is 9.92. The first kappa shape index (κ1) is 12.1. The fraction of sp³-hybridized carbons (Fsp3) is 0.308. The number of hydrogen-bond acceptors (Lipinski definition) is 1. The van der Waals surface area contributed by atoms with Crippen molar-refractivity contribution in [2.45, 2.75) is 24.6 Å². The minimum Gasteiger partial charge on any atom is -0.293 e. The van der Waals surface area contributed by atoms with Crippen LogP contribution < -0.4 is 0 Å². The molecule has 1 atom stereocenters. The summed E-state index contributed by atoms with van der Waals surface area (Å²) in [6.07, 6.45) is 4.64. The number of Topliss-reactive ketones (excluding diaryl/α,β-unsaturated/α-hetero) is 1. The summed E-state index contributed by atoms with van der Waals surface area (Å²) in [5.74, 6) is 0.103. The van der Waals surface area contributed by atoms with E-state index in [9.17, 15) is 4.79 Å². The van der Waals surface area contributed by atoms with Gasteiger partial charge < -0.3 is 0 Å². The van der Waals surface area contributed by atoms with E-state index in [-0.39, 0.29) is 11.2 Å². The van der Waals surface area contributed by atoms with Crippen LogP contribution >= 0.6 is 34.2 Å². The average Bonchev–Trinajstić information content (AvgIpc) is 2.28. The molecule has 0 spiro atoms. The van der Waals surface area contributed by atoms with E-state index < -0.39 is 0 Å². The zero-order valence-corrected chi connectivity index (χ0v) is 11.7. The topological polar surface area (TPSA) is 17.1 Å². The van der Waals surface area contributed by atoms with E-state index in [0.717, 1.165) is 30.4 Å². The molecule has 0 aromatic heterocycles. The number of halogens is 2. The predicted molar refractivity (Wildman–Crippen MR) is 75.6 cm³/mol. The number of carbonyl (C=O) groups excluding carboxylic acids is 1. The second kappa shape index (κ2) is 5.32. The summed E-state index contributed by atoms with van der Waals surface area (Å²) in [6, 6.07) is 8.14. The Morgan fingerprint density at radius 3 is 2.69 bits per heavy atom. The molecule has 0 N–H and O–H groups in total. The third kappa shape index (κ3) is 2.86. The molecule has 1 nitrogen and oxygen atoms in total. The van der Waals surface area contributed by atoms with Gasteiger partial charge in [-0.25, -0.2) is 0 Å². The van der Waals surface area contributed by atoms with Gasteiger partial charge in [-0.3, -0.25) is 4.79 Å². The molecule has 1 aliphatic carbocycles. The van der Waals surface area contributed by atoms with Crippen LogP contribution in [0.5, 0.6) is 0 Å². The highest BCUT2D eigenvalue weighted by molar-refractivity contribution is 14.1. The Bertz CT molecular complexity index is 422. The number of benzene rings is 1. The molecule has 1 unspecified atom stereocenters. The minimum absolute atomic E-state index is 0.103. The number of rotatable bonds is 1. The van der Waals surface area contributed by atoms with Crippen molar-refractivity contribution in [2.75, 3.05) is 0 Å². The standard InChI is InChI=1S/C13H12ClIO/c14-12-3-1-2-10(13(12)16)8-9-4-6-11(15)7-5-9/h4-8,12H,1-3H2. The first-order valence-electron chi connectivity index (χ1n) is 5.31. The molecule has 3 heteroatoms. The van der Waals surface area contributed by atoms with Gasteiger partial charge in [-0.05, 0) is 71.2 Å². The molecule has 84 valence electrons. The highest BCUT2D eigenvalue weighted by Gasteiger charge is 2.23. The van der Waals surface area contributed by atoms with E-state index in [0.29, 0.717) is 0 Å². The monoisotopic (exact) mass is 346 g/mol. The van der Waals surface area contributed by atoms with Gasteiger partial charge in [0.1, 0.15) is 0 Å². The van der Waals surface area contributed by atoms with Crippen molar-refractivity contribution in [1.82, 2.24) is 0 Å². The summed E-state index contributed by atoms with van der Waals surface area (Å²) in [4.78, 5) is 11.8. The number of hydrogen-bond donors (Lipinski definition) is 0. The van der Waals surface area contributed by atoms with Crippen LogP contribution in [-0.2, 0) is 4.79 Å². The lowest BCUT2D eigenvalue weighted by Crippen LogP contribution is -2.21. The Morgan fingerprint density at radius 2 is 2.00 bits per heavy atom. The predicted octanol–water partition coefficient (Wildman–Crippen LogP) is 4.04. The maximum Gasteiger partial charge on any atom is 0.176 e. The molecule has 2 rings (SSSR count). The Balaban J connectivity index is 2.23. The molecule has 0 radical (unpaired) electrons. The van der Waals surface area contributed by atoms with E-state index in [2.05, 4.69) is 22.6 Å². The van der Waals surface area contributed by atoms with Gasteiger partial charge in [-0.2, -0.15) is 0 Å². The lowest BCUT2D eigenvalue weighted by Gasteiger charge is -2.17. The fourth-order valence-electron chi connectivity index (χ4n) is 1.83. The van der Waals surface area contributed by atoms with Crippen molar-refractivity contribution >= 4 is 46.1 Å². The Morgan fingerprint density at radius 1 is 1.31 bits per heavy atom. The van der Waals surface area contributed by atoms with Gasteiger partial charge >= 0.3 is 0 Å². The van der Waals surface area contributed by atoms with Crippen molar-refractivity contribution < 1.29 is 4.79 Å². The largest absolute Gasteiger partial charge is 0.293 e. The van der Waals surface area contributed by atoms with Crippen LogP contribution in [0.3, 0.4) is 0 Å². The maximum absolute atomic E-state index is 11.8. The molecular formula is C13H12ClIO. The van der Waals surface area contributed by atoms with Crippen LogP contribution in [0, 0.1) is 3.57 Å². The Labute approximate surface area is 114 Å². The summed E-state index contributed by atoms with van der Waals surface area (Å²) < 4.78 is 1.20. The molecule has 0 saturated heterocycles. The molecule has 0 amide bonds. The van der Waals surface area contributed by atoms with Gasteiger partial charge in [-0.1, -0.05) is 12.1 Å². The van der Waals surface area contributed by atoms with Crippen molar-refractivity contribution in [3.05, 3.63) is 39.0 Å². The van der Waals surface area contributed by atoms with E-state index in [1.165, 1.54) is 3.57 Å². The molecule has 16 heavy (non-hydrogen) atoms. The summed E-state index contributed by atoms with van der Waals surface area (Å²) in [5.41, 5.74) is 1.95. The quantitative estimate of drug-likeness (QED) is 0.426. The number of ketones is 1. The van der Waals surface area contributed by atoms with Gasteiger partial charge in [0.05, 0.1) is 5.38 Å². The average molecular weight is 347 g/mol. The maximum atomic E-state index is 11.8.